The molecule has 3 rings (SSSR count). The number of aryl methyl sites for hydroxylation is 1. The highest BCUT2D eigenvalue weighted by atomic mass is 127. The average Bonchev–Trinajstić information content (AvgIpc) is 2.56. The summed E-state index contributed by atoms with van der Waals surface area (Å²) in [6.07, 6.45) is 1.96. The van der Waals surface area contributed by atoms with Gasteiger partial charge in [0.05, 0.1) is 5.69 Å². The van der Waals surface area contributed by atoms with Crippen molar-refractivity contribution in [2.45, 2.75) is 6.92 Å². The number of aliphatic imine (C=N–C) groups is 1. The maximum Gasteiger partial charge on any atom is 0.0763 e. The Hall–Kier alpha value is -1.94. The topological polar surface area (TPSA) is 12.4 Å². The molecular formula is C20H16IN. The number of nitrogens with zero attached hydrogens (tertiary/aromatic N) is 1. The molecule has 0 aliphatic heterocycles. The largest absolute Gasteiger partial charge is 0.255 e. The lowest BCUT2D eigenvalue weighted by atomic mass is 9.98. The van der Waals surface area contributed by atoms with E-state index >= 15 is 0 Å². The van der Waals surface area contributed by atoms with Crippen molar-refractivity contribution in [2.24, 2.45) is 4.99 Å². The van der Waals surface area contributed by atoms with Gasteiger partial charge in [0.2, 0.25) is 0 Å². The van der Waals surface area contributed by atoms with Gasteiger partial charge >= 0.3 is 0 Å². The molecule has 0 saturated carbocycles. The highest BCUT2D eigenvalue weighted by molar-refractivity contribution is 14.1. The van der Waals surface area contributed by atoms with E-state index in [0.29, 0.717) is 0 Å². The van der Waals surface area contributed by atoms with Crippen molar-refractivity contribution in [3.63, 3.8) is 0 Å². The molecule has 0 amide bonds. The van der Waals surface area contributed by atoms with Gasteiger partial charge < -0.3 is 0 Å². The molecule has 108 valence electrons. The number of hydrogen-bond donors (Lipinski definition) is 0. The molecule has 0 fully saturated rings. The third-order valence-corrected chi connectivity index (χ3v) is 4.40. The quantitative estimate of drug-likeness (QED) is 0.379. The van der Waals surface area contributed by atoms with Crippen LogP contribution in [0.5, 0.6) is 0 Å². The zero-order valence-corrected chi connectivity index (χ0v) is 14.5. The Morgan fingerprint density at radius 1 is 0.864 bits per heavy atom. The number of para-hydroxylation sites is 1. The monoisotopic (exact) mass is 397 g/mol. The molecule has 0 spiro atoms. The minimum absolute atomic E-state index is 1.00. The normalized spacial score (nSPS) is 11.0. The highest BCUT2D eigenvalue weighted by Gasteiger charge is 2.04. The molecule has 2 heteroatoms. The molecule has 0 aliphatic rings. The molecule has 0 saturated heterocycles. The Bertz CT molecular complexity index is 807. The van der Waals surface area contributed by atoms with Crippen LogP contribution in [-0.4, -0.2) is 6.21 Å². The second-order valence-electron chi connectivity index (χ2n) is 5.17. The van der Waals surface area contributed by atoms with Crippen LogP contribution in [0.15, 0.2) is 77.8 Å². The first kappa shape index (κ1) is 15.0. The lowest BCUT2D eigenvalue weighted by molar-refractivity contribution is 1.45. The fourth-order valence-corrected chi connectivity index (χ4v) is 2.87. The van der Waals surface area contributed by atoms with Crippen LogP contribution >= 0.6 is 22.6 Å². The summed E-state index contributed by atoms with van der Waals surface area (Å²) in [7, 11) is 0. The predicted molar refractivity (Wildman–Crippen MR) is 103 cm³/mol. The van der Waals surface area contributed by atoms with E-state index < -0.39 is 0 Å². The second kappa shape index (κ2) is 6.88. The first-order chi connectivity index (χ1) is 10.7. The molecule has 22 heavy (non-hydrogen) atoms. The molecule has 0 bridgehead atoms. The maximum atomic E-state index is 4.66. The summed E-state index contributed by atoms with van der Waals surface area (Å²) in [5.41, 5.74) is 5.83. The van der Waals surface area contributed by atoms with Gasteiger partial charge in [0.1, 0.15) is 0 Å². The summed E-state index contributed by atoms with van der Waals surface area (Å²) in [6.45, 7) is 2.12. The molecule has 0 unspecified atom stereocenters. The van der Waals surface area contributed by atoms with Gasteiger partial charge in [0.25, 0.3) is 0 Å². The Balaban J connectivity index is 2.03. The summed E-state index contributed by atoms with van der Waals surface area (Å²) in [6, 6.07) is 25.1. The molecule has 0 heterocycles. The van der Waals surface area contributed by atoms with Gasteiger partial charge in [0.15, 0.2) is 0 Å². The van der Waals surface area contributed by atoms with Crippen molar-refractivity contribution in [3.05, 3.63) is 87.5 Å². The van der Waals surface area contributed by atoms with E-state index in [0.717, 1.165) is 14.8 Å². The van der Waals surface area contributed by atoms with E-state index in [1.807, 2.05) is 30.5 Å². The van der Waals surface area contributed by atoms with Gasteiger partial charge in [-0.25, -0.2) is 0 Å². The van der Waals surface area contributed by atoms with Gasteiger partial charge in [-0.1, -0.05) is 66.2 Å². The molecule has 0 aliphatic carbocycles. The summed E-state index contributed by atoms with van der Waals surface area (Å²) in [5, 5.41) is 0. The van der Waals surface area contributed by atoms with Crippen molar-refractivity contribution in [3.8, 4) is 11.1 Å². The number of halogens is 1. The molecule has 1 nitrogen and oxygen atoms in total. The van der Waals surface area contributed by atoms with Crippen molar-refractivity contribution in [2.75, 3.05) is 0 Å². The number of hydrogen-bond acceptors (Lipinski definition) is 1. The van der Waals surface area contributed by atoms with Gasteiger partial charge in [-0.05, 0) is 52.8 Å². The Labute approximate surface area is 144 Å². The zero-order valence-electron chi connectivity index (χ0n) is 12.3. The van der Waals surface area contributed by atoms with Crippen molar-refractivity contribution in [1.82, 2.24) is 0 Å². The molecule has 0 atom stereocenters. The Morgan fingerprint density at radius 3 is 2.36 bits per heavy atom. The van der Waals surface area contributed by atoms with Crippen LogP contribution in [0.4, 0.5) is 5.69 Å². The standard InChI is InChI=1S/C20H16IN/c1-15-11-12-17(14-22-20-10-6-5-9-19(20)21)18(13-15)16-7-3-2-4-8-16/h2-14H,1H3. The second-order valence-corrected chi connectivity index (χ2v) is 6.33. The van der Waals surface area contributed by atoms with Crippen LogP contribution < -0.4 is 0 Å². The molecular weight excluding hydrogens is 381 g/mol. The third-order valence-electron chi connectivity index (χ3n) is 3.49. The van der Waals surface area contributed by atoms with E-state index in [4.69, 9.17) is 0 Å². The van der Waals surface area contributed by atoms with Crippen molar-refractivity contribution in [1.29, 1.82) is 0 Å². The minimum atomic E-state index is 1.00. The molecule has 3 aromatic rings. The SMILES string of the molecule is Cc1ccc(C=Nc2ccccc2I)c(-c2ccccc2)c1. The summed E-state index contributed by atoms with van der Waals surface area (Å²) in [4.78, 5) is 4.66. The van der Waals surface area contributed by atoms with Gasteiger partial charge in [0, 0.05) is 15.3 Å². The summed E-state index contributed by atoms with van der Waals surface area (Å²) < 4.78 is 1.16. The average molecular weight is 397 g/mol. The van der Waals surface area contributed by atoms with Gasteiger partial charge in [-0.3, -0.25) is 4.99 Å². The van der Waals surface area contributed by atoms with Crippen LogP contribution in [-0.2, 0) is 0 Å². The van der Waals surface area contributed by atoms with Crippen molar-refractivity contribution >= 4 is 34.5 Å². The van der Waals surface area contributed by atoms with Crippen LogP contribution in [0.3, 0.4) is 0 Å². The summed E-state index contributed by atoms with van der Waals surface area (Å²) in [5.74, 6) is 0. The first-order valence-corrected chi connectivity index (χ1v) is 8.26. The third kappa shape index (κ3) is 3.45. The number of rotatable bonds is 3. The van der Waals surface area contributed by atoms with Gasteiger partial charge in [-0.2, -0.15) is 0 Å². The molecule has 3 aromatic carbocycles. The predicted octanol–water partition coefficient (Wildman–Crippen LogP) is 6.02. The summed E-state index contributed by atoms with van der Waals surface area (Å²) >= 11 is 2.31. The fraction of sp³-hybridized carbons (Fsp3) is 0.0500. The van der Waals surface area contributed by atoms with Crippen LogP contribution in [0, 0.1) is 10.5 Å². The maximum absolute atomic E-state index is 4.66. The molecule has 0 radical (unpaired) electrons. The Morgan fingerprint density at radius 2 is 1.59 bits per heavy atom. The molecule has 0 N–H and O–H groups in total. The van der Waals surface area contributed by atoms with Gasteiger partial charge in [-0.15, -0.1) is 0 Å². The van der Waals surface area contributed by atoms with E-state index in [1.54, 1.807) is 0 Å². The highest BCUT2D eigenvalue weighted by Crippen LogP contribution is 2.25. The smallest absolute Gasteiger partial charge is 0.0763 e. The van der Waals surface area contributed by atoms with Crippen molar-refractivity contribution < 1.29 is 0 Å². The van der Waals surface area contributed by atoms with Crippen LogP contribution in [0.2, 0.25) is 0 Å². The molecule has 0 aromatic heterocycles. The van der Waals surface area contributed by atoms with E-state index in [9.17, 15) is 0 Å². The minimum Gasteiger partial charge on any atom is -0.255 e. The zero-order chi connectivity index (χ0) is 15.4. The fourth-order valence-electron chi connectivity index (χ4n) is 2.35. The Kier molecular flexibility index (Phi) is 4.68. The van der Waals surface area contributed by atoms with E-state index in [2.05, 4.69) is 83.0 Å². The van der Waals surface area contributed by atoms with E-state index in [1.165, 1.54) is 16.7 Å². The van der Waals surface area contributed by atoms with E-state index in [-0.39, 0.29) is 0 Å². The number of benzene rings is 3. The first-order valence-electron chi connectivity index (χ1n) is 7.19. The lowest BCUT2D eigenvalue weighted by Gasteiger charge is -2.07. The lowest BCUT2D eigenvalue weighted by Crippen LogP contribution is -1.89. The van der Waals surface area contributed by atoms with Crippen LogP contribution in [0.25, 0.3) is 11.1 Å². The van der Waals surface area contributed by atoms with Crippen LogP contribution in [0.1, 0.15) is 11.1 Å².